The van der Waals surface area contributed by atoms with Gasteiger partial charge in [-0.05, 0) is 0 Å². The van der Waals surface area contributed by atoms with Crippen LogP contribution in [-0.4, -0.2) is 25.8 Å². The summed E-state index contributed by atoms with van der Waals surface area (Å²) in [6.45, 7) is -4.47. The lowest BCUT2D eigenvalue weighted by Crippen LogP contribution is -2.20. The maximum Gasteiger partial charge on any atom is 0.345 e. The van der Waals surface area contributed by atoms with Gasteiger partial charge in [-0.15, -0.1) is 0 Å². The summed E-state index contributed by atoms with van der Waals surface area (Å²) in [4.78, 5) is 0. The van der Waals surface area contributed by atoms with Crippen LogP contribution >= 0.6 is 0 Å². The van der Waals surface area contributed by atoms with Gasteiger partial charge in [-0.3, -0.25) is 0 Å². The zero-order valence-electron chi connectivity index (χ0n) is 4.74. The summed E-state index contributed by atoms with van der Waals surface area (Å²) in [5, 5.41) is 0. The molecule has 10 heavy (non-hydrogen) atoms. The normalized spacial score (nSPS) is 14.7. The van der Waals surface area contributed by atoms with Gasteiger partial charge < -0.3 is 4.74 Å². The Labute approximate surface area is 53.8 Å². The van der Waals surface area contributed by atoms with Gasteiger partial charge in [-0.2, -0.15) is 8.78 Å². The summed E-state index contributed by atoms with van der Waals surface area (Å²) in [6, 6.07) is 0. The molecule has 0 spiro atoms. The van der Waals surface area contributed by atoms with E-state index in [0.717, 1.165) is 0 Å². The molecule has 0 aliphatic carbocycles. The third-order valence-corrected chi connectivity index (χ3v) is 0.655. The summed E-state index contributed by atoms with van der Waals surface area (Å²) in [5.41, 5.74) is 0. The lowest BCUT2D eigenvalue weighted by Gasteiger charge is -2.05. The maximum absolute atomic E-state index is 11.7. The lowest BCUT2D eigenvalue weighted by atomic mass is 10.4. The fourth-order valence-corrected chi connectivity index (χ4v) is 0.237. The lowest BCUT2D eigenvalue weighted by molar-refractivity contribution is -0.151. The number of ether oxygens (including phenoxy) is 1. The van der Waals surface area contributed by atoms with Crippen molar-refractivity contribution in [1.82, 2.24) is 0 Å². The topological polar surface area (TPSA) is 9.23 Å². The molecule has 0 heterocycles. The van der Waals surface area contributed by atoms with Crippen LogP contribution < -0.4 is 0 Å². The molecular weight excluding hydrogens is 159 g/mol. The molecule has 0 saturated heterocycles. The molecule has 0 aliphatic heterocycles. The minimum atomic E-state index is -3.27. The van der Waals surface area contributed by atoms with E-state index in [9.17, 15) is 22.0 Å². The monoisotopic (exact) mass is 164 g/mol. The molecule has 1 atom stereocenters. The van der Waals surface area contributed by atoms with Crippen LogP contribution in [0.4, 0.5) is 22.0 Å². The van der Waals surface area contributed by atoms with E-state index in [0.29, 0.717) is 0 Å². The number of halogens is 5. The smallest absolute Gasteiger partial charge is 0.320 e. The molecule has 0 saturated carbocycles. The third-order valence-electron chi connectivity index (χ3n) is 0.655. The van der Waals surface area contributed by atoms with Crippen molar-refractivity contribution in [1.29, 1.82) is 0 Å². The van der Waals surface area contributed by atoms with Crippen LogP contribution in [0.25, 0.3) is 0 Å². The Morgan fingerprint density at radius 1 is 1.00 bits per heavy atom. The molecule has 0 fully saturated rings. The predicted molar refractivity (Wildman–Crippen MR) is 22.9 cm³/mol. The van der Waals surface area contributed by atoms with Crippen LogP contribution in [0.15, 0.2) is 0 Å². The highest BCUT2D eigenvalue weighted by Crippen LogP contribution is 2.07. The first-order valence-electron chi connectivity index (χ1n) is 2.36. The summed E-state index contributed by atoms with van der Waals surface area (Å²) in [5.74, 6) is 0. The molecule has 1 nitrogen and oxygen atoms in total. The van der Waals surface area contributed by atoms with Crippen LogP contribution in [-0.2, 0) is 4.74 Å². The van der Waals surface area contributed by atoms with E-state index in [2.05, 4.69) is 4.74 Å². The second-order valence-electron chi connectivity index (χ2n) is 1.44. The largest absolute Gasteiger partial charge is 0.345 e. The minimum Gasteiger partial charge on any atom is -0.320 e. The first-order chi connectivity index (χ1) is 4.54. The molecule has 0 aromatic rings. The molecule has 0 bridgehead atoms. The molecule has 0 amide bonds. The van der Waals surface area contributed by atoms with Crippen molar-refractivity contribution in [2.24, 2.45) is 0 Å². The minimum absolute atomic E-state index is 1.27. The SMILES string of the molecule is FC(F)OCC(F)C(F)F. The van der Waals surface area contributed by atoms with Gasteiger partial charge in [0.05, 0.1) is 6.61 Å². The average Bonchev–Trinajstić information content (AvgIpc) is 1.82. The van der Waals surface area contributed by atoms with Crippen molar-refractivity contribution in [2.75, 3.05) is 6.61 Å². The van der Waals surface area contributed by atoms with E-state index >= 15 is 0 Å². The molecule has 6 heteroatoms. The predicted octanol–water partition coefficient (Wildman–Crippen LogP) is 1.83. The van der Waals surface area contributed by atoms with Crippen molar-refractivity contribution in [3.63, 3.8) is 0 Å². The fourth-order valence-electron chi connectivity index (χ4n) is 0.237. The molecule has 0 aliphatic rings. The van der Waals surface area contributed by atoms with Crippen LogP contribution in [0, 0.1) is 0 Å². The van der Waals surface area contributed by atoms with Crippen molar-refractivity contribution in [3.8, 4) is 0 Å². The molecule has 0 rings (SSSR count). The van der Waals surface area contributed by atoms with E-state index in [4.69, 9.17) is 0 Å². The summed E-state index contributed by atoms with van der Waals surface area (Å²) in [7, 11) is 0. The molecule has 0 aromatic carbocycles. The Balaban J connectivity index is 3.30. The molecule has 0 radical (unpaired) electrons. The number of alkyl halides is 5. The summed E-state index contributed by atoms with van der Waals surface area (Å²) < 4.78 is 59.4. The van der Waals surface area contributed by atoms with Crippen LogP contribution in [0.3, 0.4) is 0 Å². The maximum atomic E-state index is 11.7. The summed E-state index contributed by atoms with van der Waals surface area (Å²) >= 11 is 0. The molecular formula is C4H5F5O. The van der Waals surface area contributed by atoms with E-state index in [1.54, 1.807) is 0 Å². The first-order valence-corrected chi connectivity index (χ1v) is 2.36. The average molecular weight is 164 g/mol. The van der Waals surface area contributed by atoms with Crippen molar-refractivity contribution >= 4 is 0 Å². The quantitative estimate of drug-likeness (QED) is 0.576. The van der Waals surface area contributed by atoms with E-state index in [1.807, 2.05) is 0 Å². The molecule has 1 unspecified atom stereocenters. The Bertz CT molecular complexity index is 85.7. The Hall–Kier alpha value is -0.390. The molecule has 0 N–H and O–H groups in total. The zero-order chi connectivity index (χ0) is 8.15. The fraction of sp³-hybridized carbons (Fsp3) is 1.00. The van der Waals surface area contributed by atoms with Gasteiger partial charge in [0.2, 0.25) is 0 Å². The molecule has 62 valence electrons. The highest BCUT2D eigenvalue weighted by molar-refractivity contribution is 4.55. The van der Waals surface area contributed by atoms with Gasteiger partial charge in [0.25, 0.3) is 6.43 Å². The van der Waals surface area contributed by atoms with Crippen LogP contribution in [0.5, 0.6) is 0 Å². The third kappa shape index (κ3) is 4.49. The Kier molecular flexibility index (Phi) is 4.26. The second-order valence-corrected chi connectivity index (χ2v) is 1.44. The van der Waals surface area contributed by atoms with Gasteiger partial charge in [0, 0.05) is 0 Å². The van der Waals surface area contributed by atoms with Gasteiger partial charge in [-0.1, -0.05) is 0 Å². The highest BCUT2D eigenvalue weighted by Gasteiger charge is 2.20. The Morgan fingerprint density at radius 2 is 1.50 bits per heavy atom. The molecule has 0 aromatic heterocycles. The van der Waals surface area contributed by atoms with Crippen molar-refractivity contribution in [3.05, 3.63) is 0 Å². The van der Waals surface area contributed by atoms with Crippen molar-refractivity contribution in [2.45, 2.75) is 19.2 Å². The van der Waals surface area contributed by atoms with E-state index in [1.165, 1.54) is 0 Å². The van der Waals surface area contributed by atoms with Gasteiger partial charge in [-0.25, -0.2) is 13.2 Å². The number of hydrogen-bond donors (Lipinski definition) is 0. The number of hydrogen-bond acceptors (Lipinski definition) is 1. The Morgan fingerprint density at radius 3 is 1.80 bits per heavy atom. The highest BCUT2D eigenvalue weighted by atomic mass is 19.3. The van der Waals surface area contributed by atoms with Gasteiger partial charge in [0.1, 0.15) is 0 Å². The van der Waals surface area contributed by atoms with E-state index in [-0.39, 0.29) is 0 Å². The van der Waals surface area contributed by atoms with Gasteiger partial charge in [0.15, 0.2) is 6.17 Å². The summed E-state index contributed by atoms with van der Waals surface area (Å²) in [6.07, 6.45) is -5.90. The number of rotatable bonds is 4. The van der Waals surface area contributed by atoms with Crippen LogP contribution in [0.2, 0.25) is 0 Å². The van der Waals surface area contributed by atoms with Crippen molar-refractivity contribution < 1.29 is 26.7 Å². The standard InChI is InChI=1S/C4H5F5O/c5-2(3(6)7)1-10-4(8)9/h2-4H,1H2. The zero-order valence-corrected chi connectivity index (χ0v) is 4.74. The van der Waals surface area contributed by atoms with Crippen LogP contribution in [0.1, 0.15) is 0 Å². The van der Waals surface area contributed by atoms with Gasteiger partial charge >= 0.3 is 6.61 Å². The second kappa shape index (κ2) is 4.43. The first kappa shape index (κ1) is 9.61. The van der Waals surface area contributed by atoms with E-state index < -0.39 is 25.8 Å².